The molecular formula is C14H24N4O2S. The number of carbonyl (C=O) groups excluding carboxylic acids is 1. The summed E-state index contributed by atoms with van der Waals surface area (Å²) in [7, 11) is 1.97. The largest absolute Gasteiger partial charge is 0.382 e. The molecule has 118 valence electrons. The lowest BCUT2D eigenvalue weighted by molar-refractivity contribution is -0.0584. The summed E-state index contributed by atoms with van der Waals surface area (Å²) in [6.07, 6.45) is 1.13. The molecular weight excluding hydrogens is 288 g/mol. The number of thiazole rings is 1. The molecule has 1 aliphatic rings. The maximum absolute atomic E-state index is 12.6. The molecule has 0 radical (unpaired) electrons. The normalized spacial score (nSPS) is 22.4. The fourth-order valence-electron chi connectivity index (χ4n) is 2.56. The Morgan fingerprint density at radius 1 is 1.48 bits per heavy atom. The molecule has 2 atom stereocenters. The van der Waals surface area contributed by atoms with Crippen molar-refractivity contribution in [2.75, 3.05) is 37.3 Å². The highest BCUT2D eigenvalue weighted by atomic mass is 32.1. The molecule has 2 unspecified atom stereocenters. The number of ether oxygens (including phenoxy) is 1. The Bertz CT molecular complexity index is 495. The highest BCUT2D eigenvalue weighted by Gasteiger charge is 2.29. The van der Waals surface area contributed by atoms with E-state index in [0.717, 1.165) is 18.1 Å². The number of morpholine rings is 1. The van der Waals surface area contributed by atoms with Gasteiger partial charge >= 0.3 is 0 Å². The van der Waals surface area contributed by atoms with Gasteiger partial charge in [0.2, 0.25) is 0 Å². The van der Waals surface area contributed by atoms with E-state index in [9.17, 15) is 4.79 Å². The van der Waals surface area contributed by atoms with Gasteiger partial charge < -0.3 is 20.3 Å². The molecule has 1 aromatic rings. The fourth-order valence-corrected chi connectivity index (χ4v) is 3.50. The minimum absolute atomic E-state index is 0.0388. The van der Waals surface area contributed by atoms with Crippen LogP contribution in [0.4, 0.5) is 10.9 Å². The summed E-state index contributed by atoms with van der Waals surface area (Å²) in [6, 6.07) is 0. The van der Waals surface area contributed by atoms with E-state index in [-0.39, 0.29) is 18.1 Å². The SMILES string of the molecule is CCCN(C)c1nc(N)c(C(=O)N2CC(C)OC(C)C2)s1. The molecule has 0 spiro atoms. The molecule has 0 aromatic carbocycles. The Morgan fingerprint density at radius 3 is 2.67 bits per heavy atom. The van der Waals surface area contributed by atoms with Crippen molar-refractivity contribution in [1.29, 1.82) is 0 Å². The van der Waals surface area contributed by atoms with Gasteiger partial charge in [-0.2, -0.15) is 0 Å². The number of anilines is 2. The van der Waals surface area contributed by atoms with Gasteiger partial charge in [0.25, 0.3) is 5.91 Å². The molecule has 0 aliphatic carbocycles. The summed E-state index contributed by atoms with van der Waals surface area (Å²) in [5, 5.41) is 0.798. The lowest BCUT2D eigenvalue weighted by atomic mass is 10.2. The molecule has 6 nitrogen and oxygen atoms in total. The van der Waals surface area contributed by atoms with Crippen molar-refractivity contribution in [2.24, 2.45) is 0 Å². The van der Waals surface area contributed by atoms with Gasteiger partial charge in [0, 0.05) is 26.7 Å². The average Bonchev–Trinajstić information content (AvgIpc) is 2.79. The van der Waals surface area contributed by atoms with Gasteiger partial charge in [0.15, 0.2) is 5.13 Å². The van der Waals surface area contributed by atoms with Gasteiger partial charge in [-0.05, 0) is 20.3 Å². The van der Waals surface area contributed by atoms with Crippen LogP contribution in [0.2, 0.25) is 0 Å². The quantitative estimate of drug-likeness (QED) is 0.918. The molecule has 1 aromatic heterocycles. The van der Waals surface area contributed by atoms with Crippen LogP contribution in [0.25, 0.3) is 0 Å². The fraction of sp³-hybridized carbons (Fsp3) is 0.714. The molecule has 0 saturated carbocycles. The number of amides is 1. The van der Waals surface area contributed by atoms with Gasteiger partial charge in [-0.3, -0.25) is 4.79 Å². The third kappa shape index (κ3) is 3.65. The number of aromatic nitrogens is 1. The van der Waals surface area contributed by atoms with E-state index >= 15 is 0 Å². The van der Waals surface area contributed by atoms with Gasteiger partial charge in [-0.1, -0.05) is 18.3 Å². The number of nitrogen functional groups attached to an aromatic ring is 1. The first-order valence-electron chi connectivity index (χ1n) is 7.34. The summed E-state index contributed by atoms with van der Waals surface area (Å²) in [4.78, 5) is 21.4. The van der Waals surface area contributed by atoms with Crippen molar-refractivity contribution >= 4 is 28.2 Å². The lowest BCUT2D eigenvalue weighted by Gasteiger charge is -2.35. The predicted molar refractivity (Wildman–Crippen MR) is 86.0 cm³/mol. The van der Waals surface area contributed by atoms with Crippen LogP contribution < -0.4 is 10.6 Å². The summed E-state index contributed by atoms with van der Waals surface area (Å²) in [6.45, 7) is 8.16. The molecule has 1 saturated heterocycles. The first kappa shape index (κ1) is 16.0. The molecule has 21 heavy (non-hydrogen) atoms. The van der Waals surface area contributed by atoms with Crippen molar-refractivity contribution in [3.05, 3.63) is 4.88 Å². The molecule has 1 fully saturated rings. The van der Waals surface area contributed by atoms with Crippen LogP contribution in [0.5, 0.6) is 0 Å². The minimum atomic E-state index is -0.0388. The third-order valence-electron chi connectivity index (χ3n) is 3.43. The van der Waals surface area contributed by atoms with Gasteiger partial charge in [0.05, 0.1) is 12.2 Å². The molecule has 0 bridgehead atoms. The standard InChI is InChI=1S/C14H24N4O2S/c1-5-6-17(4)14-16-12(15)11(21-14)13(19)18-7-9(2)20-10(3)8-18/h9-10H,5-8,15H2,1-4H3. The topological polar surface area (TPSA) is 71.7 Å². The van der Waals surface area contributed by atoms with Crippen LogP contribution in [-0.2, 0) is 4.74 Å². The number of carbonyl (C=O) groups is 1. The predicted octanol–water partition coefficient (Wildman–Crippen LogP) is 1.82. The van der Waals surface area contributed by atoms with E-state index in [1.54, 1.807) is 0 Å². The molecule has 1 aliphatic heterocycles. The highest BCUT2D eigenvalue weighted by molar-refractivity contribution is 7.18. The van der Waals surface area contributed by atoms with E-state index in [2.05, 4.69) is 11.9 Å². The zero-order valence-electron chi connectivity index (χ0n) is 13.1. The van der Waals surface area contributed by atoms with Crippen LogP contribution in [0, 0.1) is 0 Å². The Hall–Kier alpha value is -1.34. The van der Waals surface area contributed by atoms with E-state index < -0.39 is 0 Å². The van der Waals surface area contributed by atoms with Crippen molar-refractivity contribution in [1.82, 2.24) is 9.88 Å². The smallest absolute Gasteiger partial charge is 0.268 e. The monoisotopic (exact) mass is 312 g/mol. The summed E-state index contributed by atoms with van der Waals surface area (Å²) >= 11 is 1.37. The highest BCUT2D eigenvalue weighted by Crippen LogP contribution is 2.29. The summed E-state index contributed by atoms with van der Waals surface area (Å²) in [5.74, 6) is 0.290. The van der Waals surface area contributed by atoms with E-state index in [4.69, 9.17) is 10.5 Å². The molecule has 2 heterocycles. The van der Waals surface area contributed by atoms with Crippen LogP contribution in [0.1, 0.15) is 36.9 Å². The number of nitrogens with two attached hydrogens (primary N) is 1. The maximum atomic E-state index is 12.6. The Kier molecular flexibility index (Phi) is 5.05. The Balaban J connectivity index is 2.15. The van der Waals surface area contributed by atoms with E-state index in [1.807, 2.05) is 30.7 Å². The Morgan fingerprint density at radius 2 is 2.10 bits per heavy atom. The van der Waals surface area contributed by atoms with Gasteiger partial charge in [0.1, 0.15) is 10.7 Å². The van der Waals surface area contributed by atoms with Crippen LogP contribution >= 0.6 is 11.3 Å². The third-order valence-corrected chi connectivity index (χ3v) is 4.60. The van der Waals surface area contributed by atoms with Crippen molar-refractivity contribution < 1.29 is 9.53 Å². The van der Waals surface area contributed by atoms with Crippen molar-refractivity contribution in [2.45, 2.75) is 39.4 Å². The van der Waals surface area contributed by atoms with Crippen molar-refractivity contribution in [3.63, 3.8) is 0 Å². The zero-order valence-corrected chi connectivity index (χ0v) is 13.9. The average molecular weight is 312 g/mol. The number of hydrogen-bond acceptors (Lipinski definition) is 6. The summed E-state index contributed by atoms with van der Waals surface area (Å²) in [5.41, 5.74) is 5.95. The maximum Gasteiger partial charge on any atom is 0.268 e. The number of rotatable bonds is 4. The Labute approximate surface area is 129 Å². The second-order valence-corrected chi connectivity index (χ2v) is 6.58. The molecule has 7 heteroatoms. The zero-order chi connectivity index (χ0) is 15.6. The van der Waals surface area contributed by atoms with Crippen LogP contribution in [0.3, 0.4) is 0 Å². The summed E-state index contributed by atoms with van der Waals surface area (Å²) < 4.78 is 5.66. The van der Waals surface area contributed by atoms with E-state index in [1.165, 1.54) is 11.3 Å². The lowest BCUT2D eigenvalue weighted by Crippen LogP contribution is -2.48. The molecule has 2 N–H and O–H groups in total. The molecule has 1 amide bonds. The second kappa shape index (κ2) is 6.62. The van der Waals surface area contributed by atoms with Crippen LogP contribution in [0.15, 0.2) is 0 Å². The first-order chi connectivity index (χ1) is 9.92. The number of hydrogen-bond donors (Lipinski definition) is 1. The van der Waals surface area contributed by atoms with Gasteiger partial charge in [-0.25, -0.2) is 4.98 Å². The molecule has 2 rings (SSSR count). The second-order valence-electron chi connectivity index (χ2n) is 5.60. The van der Waals surface area contributed by atoms with Crippen LogP contribution in [-0.4, -0.2) is 54.7 Å². The van der Waals surface area contributed by atoms with Gasteiger partial charge in [-0.15, -0.1) is 0 Å². The van der Waals surface area contributed by atoms with Crippen molar-refractivity contribution in [3.8, 4) is 0 Å². The minimum Gasteiger partial charge on any atom is -0.382 e. The first-order valence-corrected chi connectivity index (χ1v) is 8.16. The number of nitrogens with zero attached hydrogens (tertiary/aromatic N) is 3. The van der Waals surface area contributed by atoms with E-state index in [0.29, 0.717) is 23.8 Å².